The first-order valence-corrected chi connectivity index (χ1v) is 20.6. The molecule has 0 radical (unpaired) electrons. The predicted molar refractivity (Wildman–Crippen MR) is 245 cm³/mol. The van der Waals surface area contributed by atoms with Crippen LogP contribution in [0.15, 0.2) is 168 Å². The highest BCUT2D eigenvalue weighted by atomic mass is 16.3. The van der Waals surface area contributed by atoms with Crippen LogP contribution in [0.3, 0.4) is 0 Å². The molecule has 4 nitrogen and oxygen atoms in total. The van der Waals surface area contributed by atoms with Crippen molar-refractivity contribution in [2.24, 2.45) is 0 Å². The molecule has 8 aromatic carbocycles. The molecule has 10 aromatic rings. The Balaban J connectivity index is 1.12. The number of rotatable bonds is 5. The van der Waals surface area contributed by atoms with Crippen LogP contribution in [0.5, 0.6) is 0 Å². The largest absolute Gasteiger partial charge is 0.456 e. The van der Waals surface area contributed by atoms with Gasteiger partial charge in [0.2, 0.25) is 0 Å². The Morgan fingerprint density at radius 3 is 1.64 bits per heavy atom. The van der Waals surface area contributed by atoms with Gasteiger partial charge in [0.05, 0.1) is 0 Å². The zero-order valence-electron chi connectivity index (χ0n) is 33.8. The number of furan rings is 1. The molecule has 11 rings (SSSR count). The summed E-state index contributed by atoms with van der Waals surface area (Å²) in [5.41, 5.74) is 12.0. The molecule has 1 aliphatic rings. The standard InChI is InChI=1S/C55H43N3O/c1-54(2)27-28-55(3,4)47-32-41(25-26-46(47)54)43-31-45(50-44-15-9-10-16-48(44)59-49(50)33-43)53-57-51(56-52(58-53)42-24-20-35-12-6-8-14-39(35)30-42)37-21-17-36(18-22-37)40-23-19-34-11-5-7-13-38(34)29-40/h5-26,29-33H,27-28H2,1-4H3. The summed E-state index contributed by atoms with van der Waals surface area (Å²) < 4.78 is 6.65. The van der Waals surface area contributed by atoms with E-state index in [0.717, 1.165) is 67.1 Å². The molecule has 0 saturated heterocycles. The van der Waals surface area contributed by atoms with Crippen LogP contribution in [-0.4, -0.2) is 15.0 Å². The molecular formula is C55H43N3O. The Hall–Kier alpha value is -6.91. The van der Waals surface area contributed by atoms with Gasteiger partial charge in [-0.05, 0) is 109 Å². The van der Waals surface area contributed by atoms with Crippen LogP contribution in [0.4, 0.5) is 0 Å². The summed E-state index contributed by atoms with van der Waals surface area (Å²) in [7, 11) is 0. The Kier molecular flexibility index (Phi) is 7.96. The summed E-state index contributed by atoms with van der Waals surface area (Å²) in [5, 5.41) is 6.79. The van der Waals surface area contributed by atoms with Crippen molar-refractivity contribution < 1.29 is 4.42 Å². The van der Waals surface area contributed by atoms with Crippen LogP contribution < -0.4 is 0 Å². The van der Waals surface area contributed by atoms with E-state index in [1.807, 2.05) is 12.1 Å². The molecule has 284 valence electrons. The maximum absolute atomic E-state index is 6.65. The van der Waals surface area contributed by atoms with Gasteiger partial charge in [-0.25, -0.2) is 15.0 Å². The van der Waals surface area contributed by atoms with Gasteiger partial charge in [0.15, 0.2) is 17.5 Å². The minimum absolute atomic E-state index is 0.0782. The third kappa shape index (κ3) is 6.10. The molecule has 2 aromatic heterocycles. The van der Waals surface area contributed by atoms with Crippen molar-refractivity contribution in [2.75, 3.05) is 0 Å². The monoisotopic (exact) mass is 761 g/mol. The molecule has 59 heavy (non-hydrogen) atoms. The van der Waals surface area contributed by atoms with Crippen LogP contribution in [0.25, 0.3) is 99.9 Å². The fourth-order valence-electron chi connectivity index (χ4n) is 9.23. The highest BCUT2D eigenvalue weighted by Crippen LogP contribution is 2.48. The van der Waals surface area contributed by atoms with Crippen LogP contribution in [0.2, 0.25) is 0 Å². The number of para-hydroxylation sites is 1. The van der Waals surface area contributed by atoms with E-state index < -0.39 is 0 Å². The van der Waals surface area contributed by atoms with Crippen molar-refractivity contribution >= 4 is 43.5 Å². The summed E-state index contributed by atoms with van der Waals surface area (Å²) in [6, 6.07) is 58.3. The van der Waals surface area contributed by atoms with E-state index in [1.54, 1.807) is 0 Å². The second-order valence-corrected chi connectivity index (χ2v) is 17.5. The van der Waals surface area contributed by atoms with Crippen molar-refractivity contribution in [1.82, 2.24) is 15.0 Å². The fraction of sp³-hybridized carbons (Fsp3) is 0.145. The minimum atomic E-state index is 0.0782. The Morgan fingerprint density at radius 2 is 0.915 bits per heavy atom. The van der Waals surface area contributed by atoms with Gasteiger partial charge in [0.25, 0.3) is 0 Å². The Morgan fingerprint density at radius 1 is 0.390 bits per heavy atom. The maximum Gasteiger partial charge on any atom is 0.164 e. The summed E-state index contributed by atoms with van der Waals surface area (Å²) in [6.45, 7) is 9.52. The van der Waals surface area contributed by atoms with E-state index in [1.165, 1.54) is 39.3 Å². The molecule has 2 heterocycles. The third-order valence-corrected chi connectivity index (χ3v) is 12.8. The molecule has 0 atom stereocenters. The summed E-state index contributed by atoms with van der Waals surface area (Å²) in [6.07, 6.45) is 2.33. The van der Waals surface area contributed by atoms with E-state index in [2.05, 4.69) is 179 Å². The van der Waals surface area contributed by atoms with Crippen molar-refractivity contribution in [3.63, 3.8) is 0 Å². The van der Waals surface area contributed by atoms with Crippen LogP contribution >= 0.6 is 0 Å². The summed E-state index contributed by atoms with van der Waals surface area (Å²) in [4.78, 5) is 15.8. The zero-order chi connectivity index (χ0) is 39.9. The SMILES string of the molecule is CC1(C)CCC(C)(C)c2cc(-c3cc(-c4nc(-c5ccc(-c6ccc7ccccc7c6)cc5)nc(-c5ccc6ccccc6c5)n4)c4c(c3)oc3ccccc34)ccc21. The molecule has 0 N–H and O–H groups in total. The molecule has 0 bridgehead atoms. The van der Waals surface area contributed by atoms with Gasteiger partial charge >= 0.3 is 0 Å². The number of hydrogen-bond acceptors (Lipinski definition) is 4. The van der Waals surface area contributed by atoms with Gasteiger partial charge in [0.1, 0.15) is 11.2 Å². The van der Waals surface area contributed by atoms with Crippen molar-refractivity contribution in [3.8, 4) is 56.4 Å². The van der Waals surface area contributed by atoms with Crippen LogP contribution in [0.1, 0.15) is 51.7 Å². The number of hydrogen-bond donors (Lipinski definition) is 0. The average Bonchev–Trinajstić information content (AvgIpc) is 3.66. The van der Waals surface area contributed by atoms with Gasteiger partial charge in [-0.3, -0.25) is 0 Å². The van der Waals surface area contributed by atoms with Gasteiger partial charge < -0.3 is 4.42 Å². The normalized spacial score (nSPS) is 14.6. The number of benzene rings is 8. The van der Waals surface area contributed by atoms with E-state index in [0.29, 0.717) is 17.5 Å². The minimum Gasteiger partial charge on any atom is -0.456 e. The number of fused-ring (bicyclic) bond motifs is 6. The fourth-order valence-corrected chi connectivity index (χ4v) is 9.23. The smallest absolute Gasteiger partial charge is 0.164 e. The average molecular weight is 762 g/mol. The van der Waals surface area contributed by atoms with Crippen molar-refractivity contribution in [3.05, 3.63) is 175 Å². The number of aromatic nitrogens is 3. The summed E-state index contributed by atoms with van der Waals surface area (Å²) >= 11 is 0. The molecule has 0 saturated carbocycles. The molecular weight excluding hydrogens is 719 g/mol. The first-order valence-electron chi connectivity index (χ1n) is 20.6. The van der Waals surface area contributed by atoms with E-state index in [9.17, 15) is 0 Å². The second kappa shape index (κ2) is 13.3. The maximum atomic E-state index is 6.65. The molecule has 0 amide bonds. The molecule has 0 aliphatic heterocycles. The second-order valence-electron chi connectivity index (χ2n) is 17.5. The quantitative estimate of drug-likeness (QED) is 0.175. The molecule has 1 aliphatic carbocycles. The molecule has 0 unspecified atom stereocenters. The van der Waals surface area contributed by atoms with E-state index in [4.69, 9.17) is 19.4 Å². The van der Waals surface area contributed by atoms with Gasteiger partial charge in [-0.1, -0.05) is 161 Å². The summed E-state index contributed by atoms with van der Waals surface area (Å²) in [5.74, 6) is 1.85. The van der Waals surface area contributed by atoms with Crippen molar-refractivity contribution in [2.45, 2.75) is 51.4 Å². The molecule has 0 fully saturated rings. The third-order valence-electron chi connectivity index (χ3n) is 12.8. The Bertz CT molecular complexity index is 3280. The highest BCUT2D eigenvalue weighted by Gasteiger charge is 2.37. The molecule has 4 heteroatoms. The van der Waals surface area contributed by atoms with Crippen LogP contribution in [-0.2, 0) is 10.8 Å². The van der Waals surface area contributed by atoms with Crippen LogP contribution in [0, 0.1) is 0 Å². The lowest BCUT2D eigenvalue weighted by Crippen LogP contribution is -2.33. The highest BCUT2D eigenvalue weighted by molar-refractivity contribution is 6.13. The van der Waals surface area contributed by atoms with E-state index >= 15 is 0 Å². The van der Waals surface area contributed by atoms with Gasteiger partial charge in [0, 0.05) is 27.5 Å². The number of nitrogens with zero attached hydrogens (tertiary/aromatic N) is 3. The zero-order valence-corrected chi connectivity index (χ0v) is 33.8. The van der Waals surface area contributed by atoms with Crippen molar-refractivity contribution in [1.29, 1.82) is 0 Å². The van der Waals surface area contributed by atoms with Gasteiger partial charge in [-0.2, -0.15) is 0 Å². The predicted octanol–water partition coefficient (Wildman–Crippen LogP) is 14.8. The first-order chi connectivity index (χ1) is 28.7. The molecule has 0 spiro atoms. The lowest BCUT2D eigenvalue weighted by atomic mass is 9.63. The Labute approximate surface area is 344 Å². The lowest BCUT2D eigenvalue weighted by Gasteiger charge is -2.42. The van der Waals surface area contributed by atoms with E-state index in [-0.39, 0.29) is 10.8 Å². The lowest BCUT2D eigenvalue weighted by molar-refractivity contribution is 0.332. The topological polar surface area (TPSA) is 51.8 Å². The first kappa shape index (κ1) is 35.3. The van der Waals surface area contributed by atoms with Gasteiger partial charge in [-0.15, -0.1) is 0 Å².